The number of non-ortho nitro benzene ring substituents is 1. The smallest absolute Gasteiger partial charge is 0.269 e. The Labute approximate surface area is 129 Å². The Balaban J connectivity index is 0.00000220. The van der Waals surface area contributed by atoms with E-state index in [9.17, 15) is 18.5 Å². The first-order chi connectivity index (χ1) is 9.40. The number of nitro benzene ring substituents is 1. The van der Waals surface area contributed by atoms with E-state index < -0.39 is 14.9 Å². The van der Waals surface area contributed by atoms with E-state index in [0.29, 0.717) is 0 Å². The lowest BCUT2D eigenvalue weighted by atomic mass is 9.97. The molecule has 0 saturated carbocycles. The maximum atomic E-state index is 12.2. The Morgan fingerprint density at radius 2 is 1.95 bits per heavy atom. The van der Waals surface area contributed by atoms with Crippen LogP contribution in [0.1, 0.15) is 13.3 Å². The maximum Gasteiger partial charge on any atom is 0.269 e. The third-order valence-electron chi connectivity index (χ3n) is 3.45. The van der Waals surface area contributed by atoms with Gasteiger partial charge in [0.15, 0.2) is 0 Å². The monoisotopic (exact) mass is 335 g/mol. The summed E-state index contributed by atoms with van der Waals surface area (Å²) < 4.78 is 27.1. The van der Waals surface area contributed by atoms with Crippen molar-refractivity contribution in [3.05, 3.63) is 34.4 Å². The number of sulfonamides is 1. The van der Waals surface area contributed by atoms with Crippen LogP contribution in [0.4, 0.5) is 5.69 Å². The molecule has 1 saturated heterocycles. The zero-order chi connectivity index (χ0) is 14.8. The predicted octanol–water partition coefficient (Wildman–Crippen LogP) is 1.29. The summed E-state index contributed by atoms with van der Waals surface area (Å²) in [5, 5.41) is 13.8. The highest BCUT2D eigenvalue weighted by Crippen LogP contribution is 2.18. The molecule has 1 aromatic rings. The third-order valence-corrected chi connectivity index (χ3v) is 4.96. The van der Waals surface area contributed by atoms with Crippen molar-refractivity contribution in [1.29, 1.82) is 0 Å². The molecule has 0 spiro atoms. The van der Waals surface area contributed by atoms with Gasteiger partial charge in [-0.25, -0.2) is 13.1 Å². The van der Waals surface area contributed by atoms with E-state index in [1.807, 2.05) is 6.92 Å². The SMILES string of the molecule is CC1CNCCC1NS(=O)(=O)c1ccc([N+](=O)[O-])cc1.Cl. The maximum absolute atomic E-state index is 12.2. The number of hydrogen-bond acceptors (Lipinski definition) is 5. The van der Waals surface area contributed by atoms with Crippen LogP contribution in [0.2, 0.25) is 0 Å². The molecule has 2 rings (SSSR count). The van der Waals surface area contributed by atoms with Crippen LogP contribution in [0.5, 0.6) is 0 Å². The second kappa shape index (κ2) is 7.17. The molecule has 0 bridgehead atoms. The standard InChI is InChI=1S/C12H17N3O4S.ClH/c1-9-8-13-7-6-12(9)14-20(18,19)11-4-2-10(3-5-11)15(16)17;/h2-5,9,12-14H,6-8H2,1H3;1H. The summed E-state index contributed by atoms with van der Waals surface area (Å²) in [5.41, 5.74) is -0.126. The molecule has 2 N–H and O–H groups in total. The van der Waals surface area contributed by atoms with Crippen LogP contribution in [-0.4, -0.2) is 32.5 Å². The van der Waals surface area contributed by atoms with Crippen LogP contribution < -0.4 is 10.0 Å². The molecular formula is C12H18ClN3O4S. The number of benzene rings is 1. The van der Waals surface area contributed by atoms with Crippen molar-refractivity contribution in [1.82, 2.24) is 10.0 Å². The second-order valence-electron chi connectivity index (χ2n) is 4.95. The number of nitrogens with zero attached hydrogens (tertiary/aromatic N) is 1. The van der Waals surface area contributed by atoms with Gasteiger partial charge in [-0.2, -0.15) is 0 Å². The predicted molar refractivity (Wildman–Crippen MR) is 81.1 cm³/mol. The molecule has 118 valence electrons. The molecule has 1 fully saturated rings. The number of halogens is 1. The normalized spacial score (nSPS) is 22.3. The molecule has 7 nitrogen and oxygen atoms in total. The molecule has 0 radical (unpaired) electrons. The van der Waals surface area contributed by atoms with Gasteiger partial charge in [0.1, 0.15) is 0 Å². The Morgan fingerprint density at radius 3 is 2.48 bits per heavy atom. The molecule has 0 aliphatic carbocycles. The van der Waals surface area contributed by atoms with Crippen molar-refractivity contribution in [2.45, 2.75) is 24.3 Å². The quantitative estimate of drug-likeness (QED) is 0.637. The van der Waals surface area contributed by atoms with Crippen molar-refractivity contribution >= 4 is 28.1 Å². The van der Waals surface area contributed by atoms with Crippen molar-refractivity contribution < 1.29 is 13.3 Å². The lowest BCUT2D eigenvalue weighted by Crippen LogP contribution is -2.48. The number of piperidine rings is 1. The summed E-state index contributed by atoms with van der Waals surface area (Å²) in [4.78, 5) is 10.0. The largest absolute Gasteiger partial charge is 0.316 e. The zero-order valence-corrected chi connectivity index (χ0v) is 13.1. The van der Waals surface area contributed by atoms with Gasteiger partial charge in [-0.05, 0) is 37.6 Å². The number of hydrogen-bond donors (Lipinski definition) is 2. The molecule has 1 aromatic carbocycles. The van der Waals surface area contributed by atoms with Gasteiger partial charge in [0.2, 0.25) is 10.0 Å². The Kier molecular flexibility index (Phi) is 6.09. The summed E-state index contributed by atoms with van der Waals surface area (Å²) in [6.45, 7) is 3.53. The molecule has 1 heterocycles. The summed E-state index contributed by atoms with van der Waals surface area (Å²) >= 11 is 0. The van der Waals surface area contributed by atoms with Gasteiger partial charge in [-0.1, -0.05) is 6.92 Å². The highest BCUT2D eigenvalue weighted by atomic mass is 35.5. The van der Waals surface area contributed by atoms with Crippen LogP contribution in [0.3, 0.4) is 0 Å². The molecule has 1 aliphatic rings. The van der Waals surface area contributed by atoms with Crippen LogP contribution in [0, 0.1) is 16.0 Å². The topological polar surface area (TPSA) is 101 Å². The molecule has 0 amide bonds. The van der Waals surface area contributed by atoms with E-state index in [0.717, 1.165) is 19.5 Å². The minimum atomic E-state index is -3.64. The van der Waals surface area contributed by atoms with Crippen molar-refractivity contribution in [2.75, 3.05) is 13.1 Å². The first-order valence-electron chi connectivity index (χ1n) is 6.37. The fourth-order valence-electron chi connectivity index (χ4n) is 2.20. The first-order valence-corrected chi connectivity index (χ1v) is 7.86. The Hall–Kier alpha value is -1.22. The molecular weight excluding hydrogens is 318 g/mol. The van der Waals surface area contributed by atoms with E-state index in [2.05, 4.69) is 10.0 Å². The van der Waals surface area contributed by atoms with Gasteiger partial charge in [0.25, 0.3) is 5.69 Å². The van der Waals surface area contributed by atoms with Crippen molar-refractivity contribution in [3.63, 3.8) is 0 Å². The fourth-order valence-corrected chi connectivity index (χ4v) is 3.58. The van der Waals surface area contributed by atoms with E-state index in [-0.39, 0.29) is 34.9 Å². The van der Waals surface area contributed by atoms with E-state index in [1.54, 1.807) is 0 Å². The van der Waals surface area contributed by atoms with E-state index in [1.165, 1.54) is 24.3 Å². The summed E-state index contributed by atoms with van der Waals surface area (Å²) in [6.07, 6.45) is 0.730. The van der Waals surface area contributed by atoms with Gasteiger partial charge >= 0.3 is 0 Å². The van der Waals surface area contributed by atoms with Gasteiger partial charge < -0.3 is 5.32 Å². The van der Waals surface area contributed by atoms with Gasteiger partial charge in [0, 0.05) is 18.2 Å². The molecule has 1 aliphatic heterocycles. The molecule has 2 atom stereocenters. The average Bonchev–Trinajstić information content (AvgIpc) is 2.41. The van der Waals surface area contributed by atoms with Gasteiger partial charge in [0.05, 0.1) is 9.82 Å². The highest BCUT2D eigenvalue weighted by Gasteiger charge is 2.26. The van der Waals surface area contributed by atoms with Crippen molar-refractivity contribution in [2.24, 2.45) is 5.92 Å². The molecule has 2 unspecified atom stereocenters. The van der Waals surface area contributed by atoms with Crippen LogP contribution in [0.25, 0.3) is 0 Å². The van der Waals surface area contributed by atoms with Crippen molar-refractivity contribution in [3.8, 4) is 0 Å². The number of rotatable bonds is 4. The minimum Gasteiger partial charge on any atom is -0.316 e. The lowest BCUT2D eigenvalue weighted by Gasteiger charge is -2.29. The summed E-state index contributed by atoms with van der Waals surface area (Å²) in [7, 11) is -3.64. The average molecular weight is 336 g/mol. The van der Waals surface area contributed by atoms with Crippen LogP contribution in [-0.2, 0) is 10.0 Å². The second-order valence-corrected chi connectivity index (χ2v) is 6.66. The number of nitro groups is 1. The lowest BCUT2D eigenvalue weighted by molar-refractivity contribution is -0.384. The zero-order valence-electron chi connectivity index (χ0n) is 11.5. The molecule has 9 heteroatoms. The fraction of sp³-hybridized carbons (Fsp3) is 0.500. The Morgan fingerprint density at radius 1 is 1.33 bits per heavy atom. The van der Waals surface area contributed by atoms with Crippen LogP contribution in [0.15, 0.2) is 29.2 Å². The van der Waals surface area contributed by atoms with Gasteiger partial charge in [-0.15, -0.1) is 12.4 Å². The molecule has 21 heavy (non-hydrogen) atoms. The summed E-state index contributed by atoms with van der Waals surface area (Å²) in [6, 6.07) is 4.79. The van der Waals surface area contributed by atoms with E-state index >= 15 is 0 Å². The van der Waals surface area contributed by atoms with E-state index in [4.69, 9.17) is 0 Å². The third kappa shape index (κ3) is 4.37. The van der Waals surface area contributed by atoms with Gasteiger partial charge in [-0.3, -0.25) is 10.1 Å². The molecule has 0 aromatic heterocycles. The summed E-state index contributed by atoms with van der Waals surface area (Å²) in [5.74, 6) is 0.205. The minimum absolute atomic E-state index is 0. The Bertz CT molecular complexity index is 591. The number of nitrogens with one attached hydrogen (secondary N) is 2. The highest BCUT2D eigenvalue weighted by molar-refractivity contribution is 7.89. The van der Waals surface area contributed by atoms with Crippen LogP contribution >= 0.6 is 12.4 Å². The first kappa shape index (κ1) is 17.8.